The van der Waals surface area contributed by atoms with Gasteiger partial charge in [0.25, 0.3) is 0 Å². The molecule has 0 saturated heterocycles. The minimum Gasteiger partial charge on any atom is -0.0590 e. The molecule has 0 nitrogen and oxygen atoms in total. The Hall–Kier alpha value is -0.780. The van der Waals surface area contributed by atoms with E-state index >= 15 is 0 Å². The quantitative estimate of drug-likeness (QED) is 0.546. The Morgan fingerprint density at radius 2 is 1.75 bits per heavy atom. The standard InChI is InChI=1S/C12H17/c1-9-6-7-10(2)11(8-9)12(3,4)5/h6-8H,2H2,1,3-5H3. The summed E-state index contributed by atoms with van der Waals surface area (Å²) in [5.41, 5.74) is 4.02. The van der Waals surface area contributed by atoms with E-state index in [-0.39, 0.29) is 5.41 Å². The SMILES string of the molecule is [CH2]c1ccc(C)cc1C(C)(C)C. The molecule has 65 valence electrons. The Bertz CT molecular complexity index is 277. The summed E-state index contributed by atoms with van der Waals surface area (Å²) in [7, 11) is 0. The van der Waals surface area contributed by atoms with Gasteiger partial charge in [-0.25, -0.2) is 0 Å². The van der Waals surface area contributed by atoms with Crippen molar-refractivity contribution in [3.05, 3.63) is 41.8 Å². The van der Waals surface area contributed by atoms with Crippen LogP contribution in [0.1, 0.15) is 37.5 Å². The lowest BCUT2D eigenvalue weighted by Crippen LogP contribution is -2.13. The lowest BCUT2D eigenvalue weighted by Gasteiger charge is -2.21. The highest BCUT2D eigenvalue weighted by Gasteiger charge is 2.15. The van der Waals surface area contributed by atoms with Crippen LogP contribution in [0.5, 0.6) is 0 Å². The molecule has 0 N–H and O–H groups in total. The Labute approximate surface area is 75.6 Å². The van der Waals surface area contributed by atoms with E-state index in [1.807, 2.05) is 0 Å². The van der Waals surface area contributed by atoms with Crippen LogP contribution in [-0.2, 0) is 5.41 Å². The van der Waals surface area contributed by atoms with Crippen molar-refractivity contribution < 1.29 is 0 Å². The summed E-state index contributed by atoms with van der Waals surface area (Å²) in [6, 6.07) is 6.43. The Kier molecular flexibility index (Phi) is 2.27. The molecule has 0 atom stereocenters. The Morgan fingerprint density at radius 3 is 2.17 bits per heavy atom. The molecule has 0 aliphatic heterocycles. The van der Waals surface area contributed by atoms with E-state index in [2.05, 4.69) is 52.8 Å². The molecule has 0 aromatic heterocycles. The topological polar surface area (TPSA) is 0 Å². The maximum absolute atomic E-state index is 4.03. The van der Waals surface area contributed by atoms with Crippen molar-refractivity contribution in [2.45, 2.75) is 33.1 Å². The molecule has 1 rings (SSSR count). The van der Waals surface area contributed by atoms with Crippen molar-refractivity contribution in [2.24, 2.45) is 0 Å². The number of benzene rings is 1. The van der Waals surface area contributed by atoms with E-state index in [1.165, 1.54) is 11.1 Å². The normalized spacial score (nSPS) is 11.8. The summed E-state index contributed by atoms with van der Waals surface area (Å²) in [5, 5.41) is 0. The van der Waals surface area contributed by atoms with E-state index < -0.39 is 0 Å². The molecule has 0 aliphatic rings. The third kappa shape index (κ3) is 1.88. The van der Waals surface area contributed by atoms with Gasteiger partial charge in [-0.2, -0.15) is 0 Å². The second kappa shape index (κ2) is 2.93. The summed E-state index contributed by atoms with van der Waals surface area (Å²) in [4.78, 5) is 0. The Balaban J connectivity index is 3.23. The highest BCUT2D eigenvalue weighted by atomic mass is 14.2. The van der Waals surface area contributed by atoms with Gasteiger partial charge in [0.15, 0.2) is 0 Å². The van der Waals surface area contributed by atoms with Crippen LogP contribution in [0.4, 0.5) is 0 Å². The van der Waals surface area contributed by atoms with Gasteiger partial charge in [-0.05, 0) is 30.4 Å². The first kappa shape index (κ1) is 9.31. The highest BCUT2D eigenvalue weighted by Crippen LogP contribution is 2.25. The number of hydrogen-bond acceptors (Lipinski definition) is 0. The van der Waals surface area contributed by atoms with Gasteiger partial charge in [0, 0.05) is 0 Å². The molecule has 0 aliphatic carbocycles. The first-order chi connectivity index (χ1) is 5.41. The first-order valence-electron chi connectivity index (χ1n) is 4.34. The van der Waals surface area contributed by atoms with E-state index in [1.54, 1.807) is 0 Å². The molecule has 0 bridgehead atoms. The summed E-state index contributed by atoms with van der Waals surface area (Å²) in [6.07, 6.45) is 0. The lowest BCUT2D eigenvalue weighted by molar-refractivity contribution is 0.587. The molecule has 0 unspecified atom stereocenters. The molecule has 1 aromatic carbocycles. The number of hydrogen-bond donors (Lipinski definition) is 0. The van der Waals surface area contributed by atoms with Crippen molar-refractivity contribution in [3.8, 4) is 0 Å². The smallest absolute Gasteiger partial charge is 0.0129 e. The molecule has 1 aromatic rings. The third-order valence-electron chi connectivity index (χ3n) is 2.07. The molecule has 0 heterocycles. The van der Waals surface area contributed by atoms with Gasteiger partial charge in [-0.3, -0.25) is 0 Å². The third-order valence-corrected chi connectivity index (χ3v) is 2.07. The van der Waals surface area contributed by atoms with Gasteiger partial charge < -0.3 is 0 Å². The zero-order chi connectivity index (χ0) is 9.35. The zero-order valence-corrected chi connectivity index (χ0v) is 8.44. The zero-order valence-electron chi connectivity index (χ0n) is 8.44. The van der Waals surface area contributed by atoms with Gasteiger partial charge >= 0.3 is 0 Å². The molecule has 0 saturated carbocycles. The molecule has 12 heavy (non-hydrogen) atoms. The molecule has 0 spiro atoms. The van der Waals surface area contributed by atoms with Crippen LogP contribution in [0.25, 0.3) is 0 Å². The van der Waals surface area contributed by atoms with Gasteiger partial charge in [0.2, 0.25) is 0 Å². The average Bonchev–Trinajstić information content (AvgIpc) is 1.92. The van der Waals surface area contributed by atoms with Crippen molar-refractivity contribution in [3.63, 3.8) is 0 Å². The minimum absolute atomic E-state index is 0.211. The predicted octanol–water partition coefficient (Wildman–Crippen LogP) is 3.47. The van der Waals surface area contributed by atoms with Crippen LogP contribution >= 0.6 is 0 Å². The predicted molar refractivity (Wildman–Crippen MR) is 54.3 cm³/mol. The minimum atomic E-state index is 0.211. The van der Waals surface area contributed by atoms with Crippen LogP contribution < -0.4 is 0 Å². The molecule has 0 amide bonds. The highest BCUT2D eigenvalue weighted by molar-refractivity contribution is 5.37. The molecule has 1 radical (unpaired) electrons. The largest absolute Gasteiger partial charge is 0.0590 e. The van der Waals surface area contributed by atoms with Crippen LogP contribution in [0.3, 0.4) is 0 Å². The van der Waals surface area contributed by atoms with E-state index in [4.69, 9.17) is 0 Å². The van der Waals surface area contributed by atoms with Gasteiger partial charge in [-0.15, -0.1) is 0 Å². The van der Waals surface area contributed by atoms with Gasteiger partial charge in [0.1, 0.15) is 0 Å². The van der Waals surface area contributed by atoms with Crippen LogP contribution in [-0.4, -0.2) is 0 Å². The Morgan fingerprint density at radius 1 is 1.17 bits per heavy atom. The van der Waals surface area contributed by atoms with E-state index in [0.29, 0.717) is 0 Å². The van der Waals surface area contributed by atoms with E-state index in [0.717, 1.165) is 5.56 Å². The molecular formula is C12H17. The first-order valence-corrected chi connectivity index (χ1v) is 4.34. The molecule has 0 fully saturated rings. The summed E-state index contributed by atoms with van der Waals surface area (Å²) in [5.74, 6) is 0. The second-order valence-corrected chi connectivity index (χ2v) is 4.41. The molecule has 0 heteroatoms. The fourth-order valence-corrected chi connectivity index (χ4v) is 1.39. The summed E-state index contributed by atoms with van der Waals surface area (Å²) < 4.78 is 0. The monoisotopic (exact) mass is 161 g/mol. The van der Waals surface area contributed by atoms with Gasteiger partial charge in [0.05, 0.1) is 0 Å². The fourth-order valence-electron chi connectivity index (χ4n) is 1.39. The summed E-state index contributed by atoms with van der Waals surface area (Å²) >= 11 is 0. The van der Waals surface area contributed by atoms with Crippen LogP contribution in [0.2, 0.25) is 0 Å². The van der Waals surface area contributed by atoms with Gasteiger partial charge in [-0.1, -0.05) is 44.5 Å². The number of aryl methyl sites for hydroxylation is 1. The van der Waals surface area contributed by atoms with Crippen molar-refractivity contribution in [1.29, 1.82) is 0 Å². The maximum atomic E-state index is 4.03. The van der Waals surface area contributed by atoms with E-state index in [9.17, 15) is 0 Å². The van der Waals surface area contributed by atoms with Crippen molar-refractivity contribution >= 4 is 0 Å². The number of rotatable bonds is 0. The maximum Gasteiger partial charge on any atom is -0.0129 e. The average molecular weight is 161 g/mol. The van der Waals surface area contributed by atoms with Crippen molar-refractivity contribution in [2.75, 3.05) is 0 Å². The second-order valence-electron chi connectivity index (χ2n) is 4.41. The fraction of sp³-hybridized carbons (Fsp3) is 0.417. The molecular weight excluding hydrogens is 144 g/mol. The van der Waals surface area contributed by atoms with Crippen LogP contribution in [0.15, 0.2) is 18.2 Å². The summed E-state index contributed by atoms with van der Waals surface area (Å²) in [6.45, 7) is 12.8. The van der Waals surface area contributed by atoms with Crippen molar-refractivity contribution in [1.82, 2.24) is 0 Å². The van der Waals surface area contributed by atoms with Crippen LogP contribution in [0, 0.1) is 13.8 Å². The lowest BCUT2D eigenvalue weighted by atomic mass is 9.83.